The molecule has 1 aliphatic heterocycles. The lowest BCUT2D eigenvalue weighted by atomic mass is 10.1. The number of benzene rings is 1. The van der Waals surface area contributed by atoms with Gasteiger partial charge in [-0.05, 0) is 74.5 Å². The number of carbonyl (C=O) groups is 3. The Hall–Kier alpha value is -3.66. The summed E-state index contributed by atoms with van der Waals surface area (Å²) in [5, 5.41) is 5.75. The zero-order chi connectivity index (χ0) is 28.0. The van der Waals surface area contributed by atoms with Gasteiger partial charge in [0.15, 0.2) is 18.1 Å². The van der Waals surface area contributed by atoms with E-state index in [9.17, 15) is 14.4 Å². The summed E-state index contributed by atoms with van der Waals surface area (Å²) in [5.41, 5.74) is 2.09. The maximum Gasteiger partial charge on any atom is 0.258 e. The quantitative estimate of drug-likeness (QED) is 0.615. The van der Waals surface area contributed by atoms with E-state index >= 15 is 0 Å². The Labute approximate surface area is 231 Å². The molecule has 3 amide bonds. The number of likely N-dealkylation sites (N-methyl/N-ethyl adjacent to an activating group) is 1. The normalized spacial score (nSPS) is 19.6. The second-order valence-corrected chi connectivity index (χ2v) is 9.87. The molecule has 10 nitrogen and oxygen atoms in total. The molecule has 2 aromatic rings. The number of ether oxygens (including phenoxy) is 2. The Morgan fingerprint density at radius 2 is 1.74 bits per heavy atom. The molecule has 1 aromatic carbocycles. The number of hydrogen-bond donors (Lipinski definition) is 2. The van der Waals surface area contributed by atoms with Crippen molar-refractivity contribution in [1.82, 2.24) is 25.4 Å². The molecule has 0 radical (unpaired) electrons. The highest BCUT2D eigenvalue weighted by Gasteiger charge is 2.20. The SMILES string of the molecule is COc1ccc2cc1OCC(=O)N[C@@H](C)C(=O)N(C)CCCCN(Cc1ccncc1)CCCNC(=O)CC2. The Kier molecular flexibility index (Phi) is 12.0. The number of nitrogens with one attached hydrogen (secondary N) is 2. The summed E-state index contributed by atoms with van der Waals surface area (Å²) in [5.74, 6) is 0.361. The Morgan fingerprint density at radius 3 is 2.51 bits per heavy atom. The number of aromatic nitrogens is 1. The van der Waals surface area contributed by atoms with E-state index in [-0.39, 0.29) is 18.4 Å². The first kappa shape index (κ1) is 29.9. The van der Waals surface area contributed by atoms with E-state index in [0.29, 0.717) is 37.4 Å². The van der Waals surface area contributed by atoms with Crippen LogP contribution in [0.5, 0.6) is 11.5 Å². The molecule has 212 valence electrons. The van der Waals surface area contributed by atoms with Gasteiger partial charge in [0.25, 0.3) is 5.91 Å². The van der Waals surface area contributed by atoms with Gasteiger partial charge in [-0.3, -0.25) is 24.3 Å². The van der Waals surface area contributed by atoms with Crippen molar-refractivity contribution in [3.05, 3.63) is 53.9 Å². The fourth-order valence-electron chi connectivity index (χ4n) is 4.50. The summed E-state index contributed by atoms with van der Waals surface area (Å²) >= 11 is 0. The number of hydrogen-bond acceptors (Lipinski definition) is 7. The molecule has 0 aliphatic carbocycles. The first-order valence-electron chi connectivity index (χ1n) is 13.6. The molecule has 2 bridgehead atoms. The standard InChI is InChI=1S/C29H41N5O5/c1-22-29(37)33(2)16-4-5-17-34(20-24-11-14-30-15-12-24)18-6-13-31-27(35)10-8-23-7-9-25(38-3)26(19-23)39-21-28(36)32-22/h7,9,11-12,14-15,19,22H,4-6,8,10,13,16-18,20-21H2,1-3H3,(H,31,35)(H,32,36)/t22-/m0/s1. The largest absolute Gasteiger partial charge is 0.493 e. The summed E-state index contributed by atoms with van der Waals surface area (Å²) in [6.07, 6.45) is 7.07. The van der Waals surface area contributed by atoms with Crippen molar-refractivity contribution in [2.75, 3.05) is 46.9 Å². The molecule has 0 saturated carbocycles. The van der Waals surface area contributed by atoms with Crippen LogP contribution in [-0.4, -0.2) is 85.5 Å². The molecular formula is C29H41N5O5. The highest BCUT2D eigenvalue weighted by molar-refractivity contribution is 5.87. The van der Waals surface area contributed by atoms with E-state index in [1.54, 1.807) is 43.4 Å². The van der Waals surface area contributed by atoms with Crippen LogP contribution < -0.4 is 20.1 Å². The van der Waals surface area contributed by atoms with Crippen molar-refractivity contribution < 1.29 is 23.9 Å². The molecule has 0 unspecified atom stereocenters. The summed E-state index contributed by atoms with van der Waals surface area (Å²) in [4.78, 5) is 45.9. The van der Waals surface area contributed by atoms with Gasteiger partial charge < -0.3 is 25.0 Å². The molecule has 3 rings (SSSR count). The minimum atomic E-state index is -0.668. The van der Waals surface area contributed by atoms with E-state index in [2.05, 4.69) is 20.5 Å². The Balaban J connectivity index is 1.68. The fraction of sp³-hybridized carbons (Fsp3) is 0.517. The molecule has 2 N–H and O–H groups in total. The topological polar surface area (TPSA) is 113 Å². The molecule has 1 atom stereocenters. The number of rotatable bonds is 3. The van der Waals surface area contributed by atoms with Crippen molar-refractivity contribution in [2.24, 2.45) is 0 Å². The lowest BCUT2D eigenvalue weighted by molar-refractivity contribution is -0.135. The molecule has 0 fully saturated rings. The van der Waals surface area contributed by atoms with Crippen LogP contribution in [0.3, 0.4) is 0 Å². The number of nitrogens with zero attached hydrogens (tertiary/aromatic N) is 3. The molecule has 10 heteroatoms. The third-order valence-electron chi connectivity index (χ3n) is 6.70. The van der Waals surface area contributed by atoms with Crippen LogP contribution >= 0.6 is 0 Å². The van der Waals surface area contributed by atoms with E-state index < -0.39 is 11.9 Å². The van der Waals surface area contributed by atoms with Gasteiger partial charge in [-0.15, -0.1) is 0 Å². The molecule has 0 saturated heterocycles. The summed E-state index contributed by atoms with van der Waals surface area (Å²) in [6.45, 7) is 5.15. The summed E-state index contributed by atoms with van der Waals surface area (Å²) < 4.78 is 11.1. The molecule has 0 spiro atoms. The zero-order valence-electron chi connectivity index (χ0n) is 23.3. The number of methoxy groups -OCH3 is 1. The van der Waals surface area contributed by atoms with E-state index in [1.807, 2.05) is 18.2 Å². The lowest BCUT2D eigenvalue weighted by Gasteiger charge is -2.25. The van der Waals surface area contributed by atoms with Gasteiger partial charge in [-0.25, -0.2) is 0 Å². The number of fused-ring (bicyclic) bond motifs is 2. The second kappa shape index (κ2) is 15.7. The average molecular weight is 540 g/mol. The lowest BCUT2D eigenvalue weighted by Crippen LogP contribution is -2.47. The van der Waals surface area contributed by atoms with E-state index in [1.165, 1.54) is 12.7 Å². The number of aryl methyl sites for hydroxylation is 1. The third-order valence-corrected chi connectivity index (χ3v) is 6.70. The number of pyridine rings is 1. The maximum atomic E-state index is 12.8. The number of amides is 3. The molecule has 2 heterocycles. The van der Waals surface area contributed by atoms with Gasteiger partial charge >= 0.3 is 0 Å². The van der Waals surface area contributed by atoms with Crippen LogP contribution in [0.2, 0.25) is 0 Å². The Bertz CT molecular complexity index is 1080. The van der Waals surface area contributed by atoms with Gasteiger partial charge in [0.05, 0.1) is 7.11 Å². The molecule has 39 heavy (non-hydrogen) atoms. The van der Waals surface area contributed by atoms with Gasteiger partial charge in [0, 0.05) is 52.0 Å². The average Bonchev–Trinajstić information content (AvgIpc) is 2.94. The smallest absolute Gasteiger partial charge is 0.258 e. The van der Waals surface area contributed by atoms with Gasteiger partial charge in [0.1, 0.15) is 6.04 Å². The second-order valence-electron chi connectivity index (χ2n) is 9.87. The van der Waals surface area contributed by atoms with Crippen molar-refractivity contribution in [3.63, 3.8) is 0 Å². The van der Waals surface area contributed by atoms with Crippen molar-refractivity contribution >= 4 is 17.7 Å². The van der Waals surface area contributed by atoms with Gasteiger partial charge in [0.2, 0.25) is 11.8 Å². The van der Waals surface area contributed by atoms with Crippen molar-refractivity contribution in [3.8, 4) is 11.5 Å². The predicted molar refractivity (Wildman–Crippen MR) is 148 cm³/mol. The molecular weight excluding hydrogens is 498 g/mol. The highest BCUT2D eigenvalue weighted by atomic mass is 16.5. The van der Waals surface area contributed by atoms with Crippen molar-refractivity contribution in [2.45, 2.75) is 51.6 Å². The molecule has 1 aliphatic rings. The predicted octanol–water partition coefficient (Wildman–Crippen LogP) is 2.17. The first-order chi connectivity index (χ1) is 18.9. The maximum absolute atomic E-state index is 12.8. The van der Waals surface area contributed by atoms with E-state index in [4.69, 9.17) is 9.47 Å². The van der Waals surface area contributed by atoms with Crippen LogP contribution in [0.25, 0.3) is 0 Å². The summed E-state index contributed by atoms with van der Waals surface area (Å²) in [7, 11) is 3.28. The third kappa shape index (κ3) is 10.2. The monoisotopic (exact) mass is 539 g/mol. The van der Waals surface area contributed by atoms with Gasteiger partial charge in [-0.1, -0.05) is 6.07 Å². The van der Waals surface area contributed by atoms with Crippen LogP contribution in [0.15, 0.2) is 42.7 Å². The van der Waals surface area contributed by atoms with Gasteiger partial charge in [-0.2, -0.15) is 0 Å². The first-order valence-corrected chi connectivity index (χ1v) is 13.6. The van der Waals surface area contributed by atoms with E-state index in [0.717, 1.165) is 44.5 Å². The molecule has 1 aromatic heterocycles. The Morgan fingerprint density at radius 1 is 1.00 bits per heavy atom. The highest BCUT2D eigenvalue weighted by Crippen LogP contribution is 2.28. The van der Waals surface area contributed by atoms with Crippen LogP contribution in [0, 0.1) is 0 Å². The minimum absolute atomic E-state index is 0.00261. The minimum Gasteiger partial charge on any atom is -0.493 e. The number of carbonyl (C=O) groups excluding carboxylic acids is 3. The van der Waals surface area contributed by atoms with Crippen LogP contribution in [0.1, 0.15) is 43.7 Å². The summed E-state index contributed by atoms with van der Waals surface area (Å²) in [6, 6.07) is 8.79. The fourth-order valence-corrected chi connectivity index (χ4v) is 4.50. The van der Waals surface area contributed by atoms with Crippen LogP contribution in [0.4, 0.5) is 0 Å². The zero-order valence-corrected chi connectivity index (χ0v) is 23.3. The van der Waals surface area contributed by atoms with Crippen LogP contribution in [-0.2, 0) is 27.3 Å². The van der Waals surface area contributed by atoms with Crippen molar-refractivity contribution in [1.29, 1.82) is 0 Å².